The van der Waals surface area contributed by atoms with Gasteiger partial charge in [0.15, 0.2) is 0 Å². The Hall–Kier alpha value is -0.560. The van der Waals surface area contributed by atoms with Crippen molar-refractivity contribution in [3.63, 3.8) is 0 Å². The topological polar surface area (TPSA) is 12.0 Å². The average molecular weight is 424 g/mol. The van der Waals surface area contributed by atoms with Crippen LogP contribution >= 0.6 is 0 Å². The lowest BCUT2D eigenvalue weighted by Gasteiger charge is -2.76. The van der Waals surface area contributed by atoms with Crippen molar-refractivity contribution in [2.45, 2.75) is 124 Å². The fourth-order valence-electron chi connectivity index (χ4n) is 10.5. The van der Waals surface area contributed by atoms with Crippen LogP contribution < -0.4 is 5.32 Å². The third kappa shape index (κ3) is 2.97. The highest BCUT2D eigenvalue weighted by Gasteiger charge is 2.79. The maximum Gasteiger partial charge on any atom is 0.0165 e. The zero-order valence-corrected chi connectivity index (χ0v) is 21.4. The summed E-state index contributed by atoms with van der Waals surface area (Å²) in [4.78, 5) is 0. The van der Waals surface area contributed by atoms with Gasteiger partial charge in [-0.3, -0.25) is 0 Å². The van der Waals surface area contributed by atoms with E-state index in [4.69, 9.17) is 0 Å². The Labute approximate surface area is 192 Å². The summed E-state index contributed by atoms with van der Waals surface area (Å²) in [5, 5.41) is 4.46. The molecule has 2 saturated heterocycles. The predicted octanol–water partition coefficient (Wildman–Crippen LogP) is 8.07. The van der Waals surface area contributed by atoms with Crippen molar-refractivity contribution in [2.24, 2.45) is 39.9 Å². The van der Waals surface area contributed by atoms with Crippen molar-refractivity contribution in [3.8, 4) is 0 Å². The van der Waals surface area contributed by atoms with E-state index < -0.39 is 0 Å². The summed E-state index contributed by atoms with van der Waals surface area (Å²) in [6.07, 6.45) is 20.8. The van der Waals surface area contributed by atoms with Gasteiger partial charge in [0.25, 0.3) is 0 Å². The van der Waals surface area contributed by atoms with E-state index in [1.807, 2.05) is 0 Å². The highest BCUT2D eigenvalue weighted by atomic mass is 15.1. The van der Waals surface area contributed by atoms with Crippen LogP contribution in [0.15, 0.2) is 23.3 Å². The first-order valence-corrected chi connectivity index (χ1v) is 13.8. The first kappa shape index (κ1) is 22.2. The van der Waals surface area contributed by atoms with Gasteiger partial charge in [-0.25, -0.2) is 0 Å². The molecule has 6 rings (SSSR count). The Morgan fingerprint density at radius 1 is 0.968 bits per heavy atom. The van der Waals surface area contributed by atoms with Crippen LogP contribution in [0.4, 0.5) is 0 Å². The smallest absolute Gasteiger partial charge is 0.0165 e. The minimum absolute atomic E-state index is 0.545. The van der Waals surface area contributed by atoms with E-state index in [1.165, 1.54) is 76.2 Å². The first-order valence-electron chi connectivity index (χ1n) is 13.8. The Kier molecular flexibility index (Phi) is 5.56. The molecule has 1 unspecified atom stereocenters. The van der Waals surface area contributed by atoms with Crippen LogP contribution in [0.5, 0.6) is 0 Å². The molecule has 0 amide bonds. The summed E-state index contributed by atoms with van der Waals surface area (Å²) in [7, 11) is 0. The summed E-state index contributed by atoms with van der Waals surface area (Å²) in [5.41, 5.74) is 4.87. The number of nitrogens with one attached hydrogen (secondary N) is 1. The number of hydrogen-bond acceptors (Lipinski definition) is 1. The van der Waals surface area contributed by atoms with Gasteiger partial charge >= 0.3 is 0 Å². The van der Waals surface area contributed by atoms with Crippen molar-refractivity contribution in [1.29, 1.82) is 0 Å². The SMILES string of the molecule is CC(C)=CCC/C(C)=C/CC[C@]12[C@@H]3CCC[C@@]34CC[C@@H]3C4N[C@H]1[C@@H](C(C)C)CC[C@@]32C. The quantitative estimate of drug-likeness (QED) is 0.408. The molecule has 4 aliphatic carbocycles. The fraction of sp³-hybridized carbons (Fsp3) is 0.867. The molecular formula is C30H49N. The van der Waals surface area contributed by atoms with Crippen molar-refractivity contribution in [2.75, 3.05) is 0 Å². The van der Waals surface area contributed by atoms with Crippen molar-refractivity contribution in [1.82, 2.24) is 5.32 Å². The third-order valence-electron chi connectivity index (χ3n) is 11.6. The lowest BCUT2D eigenvalue weighted by Crippen LogP contribution is -2.80. The molecule has 6 fully saturated rings. The van der Waals surface area contributed by atoms with Crippen LogP contribution in [0.25, 0.3) is 0 Å². The molecule has 2 aliphatic heterocycles. The Morgan fingerprint density at radius 3 is 2.52 bits per heavy atom. The molecule has 1 heteroatoms. The standard InChI is InChI=1S/C30H49N/c1-20(2)10-7-11-22(5)12-8-17-30-25-13-9-16-29(25)19-15-24-27(29)31-26(30)23(21(3)4)14-18-28(24,30)6/h10,12,21,23-27,31H,7-9,11,13-19H2,1-6H3/b22-12+/t23-,24-,25-,26+,27?,28+,29-,30+/m1/s1. The van der Waals surface area contributed by atoms with Crippen LogP contribution in [-0.4, -0.2) is 12.1 Å². The molecule has 6 bridgehead atoms. The minimum atomic E-state index is 0.545. The van der Waals surface area contributed by atoms with E-state index in [2.05, 4.69) is 59.0 Å². The first-order chi connectivity index (χ1) is 14.8. The molecule has 1 N–H and O–H groups in total. The monoisotopic (exact) mass is 423 g/mol. The third-order valence-corrected chi connectivity index (χ3v) is 11.6. The van der Waals surface area contributed by atoms with Crippen LogP contribution in [0.1, 0.15) is 112 Å². The molecule has 174 valence electrons. The lowest BCUT2D eigenvalue weighted by atomic mass is 9.33. The number of allylic oxidation sites excluding steroid dienone is 4. The molecule has 0 radical (unpaired) electrons. The zero-order valence-electron chi connectivity index (χ0n) is 21.4. The summed E-state index contributed by atoms with van der Waals surface area (Å²) in [6.45, 7) is 14.6. The largest absolute Gasteiger partial charge is 0.309 e. The second-order valence-corrected chi connectivity index (χ2v) is 13.3. The van der Waals surface area contributed by atoms with E-state index in [9.17, 15) is 0 Å². The van der Waals surface area contributed by atoms with Gasteiger partial charge < -0.3 is 5.32 Å². The van der Waals surface area contributed by atoms with Crippen molar-refractivity contribution < 1.29 is 0 Å². The van der Waals surface area contributed by atoms with Crippen LogP contribution in [0.3, 0.4) is 0 Å². The van der Waals surface area contributed by atoms with Gasteiger partial charge in [0.2, 0.25) is 0 Å². The number of piperidine rings is 2. The average Bonchev–Trinajstić information content (AvgIpc) is 3.28. The summed E-state index contributed by atoms with van der Waals surface area (Å²) in [5.74, 6) is 3.65. The summed E-state index contributed by atoms with van der Waals surface area (Å²) in [6, 6.07) is 1.63. The fourth-order valence-corrected chi connectivity index (χ4v) is 10.5. The van der Waals surface area contributed by atoms with E-state index in [1.54, 1.807) is 5.57 Å². The van der Waals surface area contributed by atoms with Crippen molar-refractivity contribution >= 4 is 0 Å². The van der Waals surface area contributed by atoms with Gasteiger partial charge in [-0.1, -0.05) is 50.5 Å². The molecule has 31 heavy (non-hydrogen) atoms. The van der Waals surface area contributed by atoms with Crippen LogP contribution in [-0.2, 0) is 0 Å². The van der Waals surface area contributed by atoms with Gasteiger partial charge in [0, 0.05) is 12.1 Å². The minimum Gasteiger partial charge on any atom is -0.309 e. The molecular weight excluding hydrogens is 374 g/mol. The van der Waals surface area contributed by atoms with Gasteiger partial charge in [-0.05, 0) is 125 Å². The molecule has 2 heterocycles. The summed E-state index contributed by atoms with van der Waals surface area (Å²) < 4.78 is 0. The molecule has 6 aliphatic rings. The van der Waals surface area contributed by atoms with Gasteiger partial charge in [-0.15, -0.1) is 0 Å². The number of hydrogen-bond donors (Lipinski definition) is 1. The molecule has 8 atom stereocenters. The Bertz CT molecular complexity index is 756. The summed E-state index contributed by atoms with van der Waals surface area (Å²) >= 11 is 0. The van der Waals surface area contributed by atoms with E-state index >= 15 is 0 Å². The predicted molar refractivity (Wildman–Crippen MR) is 133 cm³/mol. The highest BCUT2D eigenvalue weighted by Crippen LogP contribution is 2.80. The molecule has 1 spiro atoms. The number of rotatable bonds is 7. The zero-order chi connectivity index (χ0) is 22.0. The molecule has 4 saturated carbocycles. The van der Waals surface area contributed by atoms with Gasteiger partial charge in [0.05, 0.1) is 0 Å². The second-order valence-electron chi connectivity index (χ2n) is 13.3. The molecule has 0 aromatic carbocycles. The Balaban J connectivity index is 1.46. The maximum atomic E-state index is 4.46. The van der Waals surface area contributed by atoms with Crippen molar-refractivity contribution in [3.05, 3.63) is 23.3 Å². The van der Waals surface area contributed by atoms with Gasteiger partial charge in [-0.2, -0.15) is 0 Å². The van der Waals surface area contributed by atoms with E-state index in [0.29, 0.717) is 16.2 Å². The van der Waals surface area contributed by atoms with Crippen LogP contribution in [0.2, 0.25) is 0 Å². The Morgan fingerprint density at radius 2 is 1.77 bits per heavy atom. The second kappa shape index (κ2) is 7.75. The maximum absolute atomic E-state index is 4.46. The molecule has 1 nitrogen and oxygen atoms in total. The molecule has 0 aromatic rings. The van der Waals surface area contributed by atoms with Crippen LogP contribution in [0, 0.1) is 39.9 Å². The van der Waals surface area contributed by atoms with Gasteiger partial charge in [0.1, 0.15) is 0 Å². The highest BCUT2D eigenvalue weighted by molar-refractivity contribution is 5.31. The lowest BCUT2D eigenvalue weighted by molar-refractivity contribution is -0.246. The van der Waals surface area contributed by atoms with E-state index in [-0.39, 0.29) is 0 Å². The van der Waals surface area contributed by atoms with E-state index in [0.717, 1.165) is 35.8 Å². The normalized spacial score (nSPS) is 47.7. The molecule has 0 aromatic heterocycles.